The maximum atomic E-state index is 14.3. The highest BCUT2D eigenvalue weighted by molar-refractivity contribution is 7.78. The van der Waals surface area contributed by atoms with E-state index in [0.717, 1.165) is 29.9 Å². The fourth-order valence-electron chi connectivity index (χ4n) is 4.77. The summed E-state index contributed by atoms with van der Waals surface area (Å²) in [4.78, 5) is 0. The molecule has 1 unspecified atom stereocenters. The first-order valence-electron chi connectivity index (χ1n) is 11.6. The fourth-order valence-corrected chi connectivity index (χ4v) is 7.20. The van der Waals surface area contributed by atoms with Crippen LogP contribution in [0, 0.1) is 16.7 Å². The average molecular weight is 452 g/mol. The minimum absolute atomic E-state index is 0.0430. The molecule has 166 valence electrons. The van der Waals surface area contributed by atoms with Crippen LogP contribution in [-0.4, -0.2) is 6.16 Å². The Hall–Kier alpha value is -3.14. The summed E-state index contributed by atoms with van der Waals surface area (Å²) in [6.07, 6.45) is 8.29. The molecule has 0 heterocycles. The summed E-state index contributed by atoms with van der Waals surface area (Å²) < 4.78 is 14.3. The SMILES string of the molecule is CC1(CC#N)CC/C(=C(/C=C/CP(=O)(c2ccccc2)c2ccccc2)c2ccccc2)C1. The van der Waals surface area contributed by atoms with E-state index < -0.39 is 7.14 Å². The third-order valence-electron chi connectivity index (χ3n) is 6.64. The van der Waals surface area contributed by atoms with Crippen molar-refractivity contribution in [1.29, 1.82) is 5.26 Å². The molecular weight excluding hydrogens is 421 g/mol. The van der Waals surface area contributed by atoms with Gasteiger partial charge < -0.3 is 4.57 Å². The first-order valence-corrected chi connectivity index (χ1v) is 13.4. The molecule has 0 radical (unpaired) electrons. The van der Waals surface area contributed by atoms with E-state index in [1.54, 1.807) is 0 Å². The Balaban J connectivity index is 1.70. The van der Waals surface area contributed by atoms with Gasteiger partial charge in [0.25, 0.3) is 0 Å². The summed E-state index contributed by atoms with van der Waals surface area (Å²) in [5.41, 5.74) is 3.83. The van der Waals surface area contributed by atoms with Crippen LogP contribution in [0.2, 0.25) is 0 Å². The number of nitrogens with zero attached hydrogens (tertiary/aromatic N) is 1. The number of hydrogen-bond acceptors (Lipinski definition) is 2. The molecule has 2 nitrogen and oxygen atoms in total. The van der Waals surface area contributed by atoms with E-state index in [2.05, 4.69) is 49.4 Å². The van der Waals surface area contributed by atoms with Gasteiger partial charge in [-0.2, -0.15) is 5.26 Å². The Morgan fingerprint density at radius 1 is 0.939 bits per heavy atom. The van der Waals surface area contributed by atoms with E-state index in [-0.39, 0.29) is 5.41 Å². The van der Waals surface area contributed by atoms with Gasteiger partial charge in [-0.15, -0.1) is 0 Å². The summed E-state index contributed by atoms with van der Waals surface area (Å²) >= 11 is 0. The Bertz CT molecular complexity index is 1180. The van der Waals surface area contributed by atoms with Crippen LogP contribution in [0.5, 0.6) is 0 Å². The predicted octanol–water partition coefficient (Wildman–Crippen LogP) is 7.11. The van der Waals surface area contributed by atoms with Gasteiger partial charge >= 0.3 is 0 Å². The minimum Gasteiger partial charge on any atom is -0.313 e. The van der Waals surface area contributed by atoms with Crippen LogP contribution < -0.4 is 10.6 Å². The lowest BCUT2D eigenvalue weighted by atomic mass is 9.85. The molecule has 0 N–H and O–H groups in total. The number of benzene rings is 3. The molecule has 1 saturated carbocycles. The number of rotatable bonds is 7. The molecule has 3 aromatic rings. The van der Waals surface area contributed by atoms with Crippen molar-refractivity contribution in [2.75, 3.05) is 6.16 Å². The summed E-state index contributed by atoms with van der Waals surface area (Å²) in [6, 6.07) is 32.5. The van der Waals surface area contributed by atoms with Crippen molar-refractivity contribution < 1.29 is 4.57 Å². The Morgan fingerprint density at radius 3 is 2.03 bits per heavy atom. The van der Waals surface area contributed by atoms with Gasteiger partial charge in [0, 0.05) is 23.2 Å². The van der Waals surface area contributed by atoms with Gasteiger partial charge in [-0.1, -0.05) is 116 Å². The topological polar surface area (TPSA) is 40.9 Å². The van der Waals surface area contributed by atoms with Crippen molar-refractivity contribution in [2.45, 2.75) is 32.6 Å². The van der Waals surface area contributed by atoms with Crippen molar-refractivity contribution in [3.63, 3.8) is 0 Å². The van der Waals surface area contributed by atoms with Gasteiger partial charge in [-0.25, -0.2) is 0 Å². The first-order chi connectivity index (χ1) is 16.0. The van der Waals surface area contributed by atoms with Gasteiger partial charge in [0.1, 0.15) is 7.14 Å². The molecule has 1 fully saturated rings. The second kappa shape index (κ2) is 10.2. The molecule has 0 amide bonds. The van der Waals surface area contributed by atoms with Crippen LogP contribution in [0.25, 0.3) is 5.57 Å². The van der Waals surface area contributed by atoms with Gasteiger partial charge in [-0.3, -0.25) is 0 Å². The molecule has 1 atom stereocenters. The summed E-state index contributed by atoms with van der Waals surface area (Å²) in [5, 5.41) is 11.0. The van der Waals surface area contributed by atoms with E-state index in [4.69, 9.17) is 0 Å². The Morgan fingerprint density at radius 2 is 1.48 bits per heavy atom. The zero-order valence-electron chi connectivity index (χ0n) is 19.2. The first kappa shape index (κ1) is 23.0. The van der Waals surface area contributed by atoms with Crippen LogP contribution in [-0.2, 0) is 4.57 Å². The smallest absolute Gasteiger partial charge is 0.146 e. The molecule has 0 aliphatic heterocycles. The lowest BCUT2D eigenvalue weighted by molar-refractivity contribution is 0.353. The minimum atomic E-state index is -2.79. The van der Waals surface area contributed by atoms with Crippen LogP contribution in [0.4, 0.5) is 0 Å². The quantitative estimate of drug-likeness (QED) is 0.359. The molecule has 3 aromatic carbocycles. The maximum absolute atomic E-state index is 14.3. The molecule has 0 aromatic heterocycles. The molecule has 0 spiro atoms. The summed E-state index contributed by atoms with van der Waals surface area (Å²) in [6.45, 7) is 2.22. The number of nitriles is 1. The predicted molar refractivity (Wildman–Crippen MR) is 139 cm³/mol. The maximum Gasteiger partial charge on any atom is 0.146 e. The highest BCUT2D eigenvalue weighted by atomic mass is 31.2. The van der Waals surface area contributed by atoms with Crippen molar-refractivity contribution >= 4 is 23.3 Å². The molecule has 1 aliphatic rings. The van der Waals surface area contributed by atoms with E-state index in [9.17, 15) is 9.83 Å². The van der Waals surface area contributed by atoms with Crippen LogP contribution in [0.15, 0.2) is 109 Å². The van der Waals surface area contributed by atoms with Crippen LogP contribution >= 0.6 is 7.14 Å². The zero-order valence-corrected chi connectivity index (χ0v) is 20.0. The van der Waals surface area contributed by atoms with Gasteiger partial charge in [0.2, 0.25) is 0 Å². The van der Waals surface area contributed by atoms with E-state index in [1.807, 2.05) is 66.7 Å². The summed E-state index contributed by atoms with van der Waals surface area (Å²) in [5.74, 6) is 0. The molecule has 0 bridgehead atoms. The third kappa shape index (κ3) is 5.27. The van der Waals surface area contributed by atoms with Crippen molar-refractivity contribution in [1.82, 2.24) is 0 Å². The molecule has 33 heavy (non-hydrogen) atoms. The van der Waals surface area contributed by atoms with Gasteiger partial charge in [-0.05, 0) is 35.8 Å². The van der Waals surface area contributed by atoms with Gasteiger partial charge in [0.15, 0.2) is 0 Å². The van der Waals surface area contributed by atoms with Crippen LogP contribution in [0.3, 0.4) is 0 Å². The molecule has 3 heteroatoms. The summed E-state index contributed by atoms with van der Waals surface area (Å²) in [7, 11) is -2.79. The number of hydrogen-bond donors (Lipinski definition) is 0. The van der Waals surface area contributed by atoms with Gasteiger partial charge in [0.05, 0.1) is 6.07 Å². The van der Waals surface area contributed by atoms with E-state index in [1.165, 1.54) is 16.7 Å². The van der Waals surface area contributed by atoms with Crippen molar-refractivity contribution in [3.8, 4) is 6.07 Å². The van der Waals surface area contributed by atoms with Crippen molar-refractivity contribution in [2.24, 2.45) is 5.41 Å². The second-order valence-electron chi connectivity index (χ2n) is 9.20. The zero-order chi connectivity index (χ0) is 23.2. The Labute approximate surface area is 197 Å². The number of allylic oxidation sites excluding steroid dienone is 4. The molecule has 0 saturated heterocycles. The standard InChI is InChI=1S/C30H30NOP/c1-30(21-22-31)20-19-26(24-30)29(25-12-5-2-6-13-25)18-11-23-33(32,27-14-7-3-8-15-27)28-16-9-4-10-17-28/h2-18H,19-21,23-24H2,1H3/b18-11+,29-26+. The van der Waals surface area contributed by atoms with Crippen molar-refractivity contribution in [3.05, 3.63) is 114 Å². The molecule has 1 aliphatic carbocycles. The lowest BCUT2D eigenvalue weighted by Crippen LogP contribution is -2.17. The highest BCUT2D eigenvalue weighted by Crippen LogP contribution is 2.47. The lowest BCUT2D eigenvalue weighted by Gasteiger charge is -2.19. The average Bonchev–Trinajstić information content (AvgIpc) is 3.24. The highest BCUT2D eigenvalue weighted by Gasteiger charge is 2.33. The molecular formula is C30H30NOP. The monoisotopic (exact) mass is 451 g/mol. The Kier molecular flexibility index (Phi) is 7.12. The second-order valence-corrected chi connectivity index (χ2v) is 12.1. The molecule has 4 rings (SSSR count). The van der Waals surface area contributed by atoms with Crippen LogP contribution in [0.1, 0.15) is 38.2 Å². The fraction of sp³-hybridized carbons (Fsp3) is 0.233. The normalized spacial score (nSPS) is 20.0. The van der Waals surface area contributed by atoms with E-state index in [0.29, 0.717) is 12.6 Å². The third-order valence-corrected chi connectivity index (χ3v) is 9.63. The van der Waals surface area contributed by atoms with E-state index >= 15 is 0 Å². The largest absolute Gasteiger partial charge is 0.313 e.